The van der Waals surface area contributed by atoms with Crippen LogP contribution in [0.4, 0.5) is 4.39 Å². The van der Waals surface area contributed by atoms with Gasteiger partial charge in [-0.2, -0.15) is 0 Å². The highest BCUT2D eigenvalue weighted by Gasteiger charge is 2.20. The summed E-state index contributed by atoms with van der Waals surface area (Å²) in [5, 5.41) is 2.95. The van der Waals surface area contributed by atoms with Gasteiger partial charge in [0.05, 0.1) is 0 Å². The summed E-state index contributed by atoms with van der Waals surface area (Å²) in [5.74, 6) is 0.307. The standard InChI is InChI=1S/C21H21FN2O2/c1-14(2)13-18(21-24-17-5-3-4-6-19(17)26-21)23-20(25)12-9-15-7-10-16(22)11-8-15/h3-12,14,18H,13H2,1-2H3,(H,23,25)/b12-9+/t18-/m1/s1. The zero-order chi connectivity index (χ0) is 18.5. The van der Waals surface area contributed by atoms with E-state index in [9.17, 15) is 9.18 Å². The third-order valence-corrected chi connectivity index (χ3v) is 3.93. The third-order valence-electron chi connectivity index (χ3n) is 3.93. The van der Waals surface area contributed by atoms with Crippen LogP contribution >= 0.6 is 0 Å². The average Bonchev–Trinajstić information content (AvgIpc) is 3.04. The van der Waals surface area contributed by atoms with Crippen LogP contribution in [0.1, 0.15) is 37.8 Å². The molecule has 4 nitrogen and oxygen atoms in total. The largest absolute Gasteiger partial charge is 0.438 e. The van der Waals surface area contributed by atoms with Crippen molar-refractivity contribution in [2.45, 2.75) is 26.3 Å². The molecule has 3 aromatic rings. The van der Waals surface area contributed by atoms with E-state index >= 15 is 0 Å². The van der Waals surface area contributed by atoms with Crippen LogP contribution in [0.3, 0.4) is 0 Å². The highest BCUT2D eigenvalue weighted by molar-refractivity contribution is 5.92. The molecule has 134 valence electrons. The monoisotopic (exact) mass is 352 g/mol. The minimum Gasteiger partial charge on any atom is -0.438 e. The van der Waals surface area contributed by atoms with Gasteiger partial charge in [-0.1, -0.05) is 38.1 Å². The highest BCUT2D eigenvalue weighted by Crippen LogP contribution is 2.24. The van der Waals surface area contributed by atoms with Crippen LogP contribution in [-0.4, -0.2) is 10.9 Å². The molecule has 0 aliphatic rings. The molecule has 1 amide bonds. The number of aromatic nitrogens is 1. The van der Waals surface area contributed by atoms with E-state index in [1.807, 2.05) is 24.3 Å². The molecule has 0 unspecified atom stereocenters. The quantitative estimate of drug-likeness (QED) is 0.643. The van der Waals surface area contributed by atoms with Crippen LogP contribution in [0.25, 0.3) is 17.2 Å². The van der Waals surface area contributed by atoms with Gasteiger partial charge >= 0.3 is 0 Å². The van der Waals surface area contributed by atoms with Crippen molar-refractivity contribution in [3.8, 4) is 0 Å². The number of rotatable bonds is 6. The number of carbonyl (C=O) groups excluding carboxylic acids is 1. The van der Waals surface area contributed by atoms with Gasteiger partial charge in [-0.3, -0.25) is 4.79 Å². The first-order chi connectivity index (χ1) is 12.5. The maximum Gasteiger partial charge on any atom is 0.244 e. The Balaban J connectivity index is 1.75. The summed E-state index contributed by atoms with van der Waals surface area (Å²) in [6, 6.07) is 13.2. The average molecular weight is 352 g/mol. The lowest BCUT2D eigenvalue weighted by Gasteiger charge is -2.16. The summed E-state index contributed by atoms with van der Waals surface area (Å²) < 4.78 is 18.8. The van der Waals surface area contributed by atoms with Crippen LogP contribution < -0.4 is 5.32 Å². The number of carbonyl (C=O) groups is 1. The van der Waals surface area contributed by atoms with Gasteiger partial charge in [0.1, 0.15) is 17.4 Å². The lowest BCUT2D eigenvalue weighted by molar-refractivity contribution is -0.117. The number of oxazole rings is 1. The highest BCUT2D eigenvalue weighted by atomic mass is 19.1. The lowest BCUT2D eigenvalue weighted by atomic mass is 10.0. The Bertz CT molecular complexity index is 880. The van der Waals surface area contributed by atoms with Crippen molar-refractivity contribution in [1.82, 2.24) is 10.3 Å². The van der Waals surface area contributed by atoms with Gasteiger partial charge in [0.15, 0.2) is 5.58 Å². The summed E-state index contributed by atoms with van der Waals surface area (Å²) in [5.41, 5.74) is 2.23. The second-order valence-corrected chi connectivity index (χ2v) is 6.60. The van der Waals surface area contributed by atoms with Gasteiger partial charge in [-0.15, -0.1) is 0 Å². The molecule has 0 bridgehead atoms. The fourth-order valence-corrected chi connectivity index (χ4v) is 2.70. The first-order valence-corrected chi connectivity index (χ1v) is 8.61. The van der Waals surface area contributed by atoms with E-state index in [4.69, 9.17) is 4.42 Å². The molecule has 0 radical (unpaired) electrons. The number of hydrogen-bond acceptors (Lipinski definition) is 3. The van der Waals surface area contributed by atoms with Crippen LogP contribution in [0, 0.1) is 11.7 Å². The first kappa shape index (κ1) is 17.9. The molecule has 26 heavy (non-hydrogen) atoms. The number of nitrogens with one attached hydrogen (secondary N) is 1. The van der Waals surface area contributed by atoms with E-state index in [0.717, 1.165) is 11.1 Å². The summed E-state index contributed by atoms with van der Waals surface area (Å²) in [6.45, 7) is 4.16. The van der Waals surface area contributed by atoms with Gasteiger partial charge in [0.2, 0.25) is 11.8 Å². The fourth-order valence-electron chi connectivity index (χ4n) is 2.70. The van der Waals surface area contributed by atoms with Crippen molar-refractivity contribution in [2.75, 3.05) is 0 Å². The molecule has 2 aromatic carbocycles. The molecule has 0 aliphatic heterocycles. The molecule has 0 spiro atoms. The van der Waals surface area contributed by atoms with E-state index in [1.165, 1.54) is 18.2 Å². The molecule has 0 aliphatic carbocycles. The van der Waals surface area contributed by atoms with Gasteiger partial charge < -0.3 is 9.73 Å². The minimum absolute atomic E-state index is 0.248. The van der Waals surface area contributed by atoms with E-state index in [2.05, 4.69) is 24.1 Å². The number of nitrogens with zero attached hydrogens (tertiary/aromatic N) is 1. The van der Waals surface area contributed by atoms with Gasteiger partial charge in [0, 0.05) is 6.08 Å². The molecular weight excluding hydrogens is 331 g/mol. The van der Waals surface area contributed by atoms with Crippen LogP contribution in [-0.2, 0) is 4.79 Å². The molecule has 0 saturated heterocycles. The molecule has 1 N–H and O–H groups in total. The van der Waals surface area contributed by atoms with Crippen molar-refractivity contribution in [2.24, 2.45) is 5.92 Å². The predicted octanol–water partition coefficient (Wildman–Crippen LogP) is 4.88. The number of benzene rings is 2. The summed E-state index contributed by atoms with van der Waals surface area (Å²) in [7, 11) is 0. The van der Waals surface area contributed by atoms with Crippen molar-refractivity contribution < 1.29 is 13.6 Å². The van der Waals surface area contributed by atoms with Gasteiger partial charge in [0.25, 0.3) is 0 Å². The fraction of sp³-hybridized carbons (Fsp3) is 0.238. The molecule has 1 atom stereocenters. The molecule has 1 heterocycles. The zero-order valence-electron chi connectivity index (χ0n) is 14.8. The SMILES string of the molecule is CC(C)C[C@@H](NC(=O)/C=C/c1ccc(F)cc1)c1nc2ccccc2o1. The minimum atomic E-state index is -0.312. The molecule has 0 fully saturated rings. The Hall–Kier alpha value is -2.95. The number of amides is 1. The van der Waals surface area contributed by atoms with E-state index in [1.54, 1.807) is 18.2 Å². The normalized spacial score (nSPS) is 12.8. The first-order valence-electron chi connectivity index (χ1n) is 8.61. The second kappa shape index (κ2) is 7.95. The Morgan fingerprint density at radius 1 is 1.19 bits per heavy atom. The second-order valence-electron chi connectivity index (χ2n) is 6.60. The molecule has 5 heteroatoms. The third kappa shape index (κ3) is 4.57. The van der Waals surface area contributed by atoms with Crippen molar-refractivity contribution in [3.05, 3.63) is 71.9 Å². The van der Waals surface area contributed by atoms with Gasteiger partial charge in [-0.05, 0) is 48.2 Å². The van der Waals surface area contributed by atoms with Crippen LogP contribution in [0.2, 0.25) is 0 Å². The molecule has 0 saturated carbocycles. The predicted molar refractivity (Wildman–Crippen MR) is 99.8 cm³/mol. The zero-order valence-corrected chi connectivity index (χ0v) is 14.8. The summed E-state index contributed by atoms with van der Waals surface area (Å²) >= 11 is 0. The maximum absolute atomic E-state index is 12.9. The Kier molecular flexibility index (Phi) is 5.46. The van der Waals surface area contributed by atoms with Crippen LogP contribution in [0.15, 0.2) is 59.0 Å². The molecule has 1 aromatic heterocycles. The lowest BCUT2D eigenvalue weighted by Crippen LogP contribution is -2.28. The van der Waals surface area contributed by atoms with E-state index in [-0.39, 0.29) is 17.8 Å². The number of fused-ring (bicyclic) bond motifs is 1. The van der Waals surface area contributed by atoms with Crippen LogP contribution in [0.5, 0.6) is 0 Å². The van der Waals surface area contributed by atoms with E-state index < -0.39 is 0 Å². The number of halogens is 1. The van der Waals surface area contributed by atoms with Gasteiger partial charge in [-0.25, -0.2) is 9.37 Å². The van der Waals surface area contributed by atoms with Crippen molar-refractivity contribution in [1.29, 1.82) is 0 Å². The van der Waals surface area contributed by atoms with Crippen molar-refractivity contribution >= 4 is 23.1 Å². The molecular formula is C21H21FN2O2. The van der Waals surface area contributed by atoms with Crippen molar-refractivity contribution in [3.63, 3.8) is 0 Å². The Labute approximate surface area is 151 Å². The number of para-hydroxylation sites is 2. The smallest absolute Gasteiger partial charge is 0.244 e. The molecule has 3 rings (SSSR count). The Morgan fingerprint density at radius 3 is 2.62 bits per heavy atom. The maximum atomic E-state index is 12.9. The summed E-state index contributed by atoms with van der Waals surface area (Å²) in [4.78, 5) is 16.8. The number of hydrogen-bond donors (Lipinski definition) is 1. The Morgan fingerprint density at radius 2 is 1.92 bits per heavy atom. The topological polar surface area (TPSA) is 55.1 Å². The summed E-state index contributed by atoms with van der Waals surface area (Å²) in [6.07, 6.45) is 3.79. The van der Waals surface area contributed by atoms with E-state index in [0.29, 0.717) is 23.8 Å².